The molecule has 0 radical (unpaired) electrons. The second-order valence-corrected chi connectivity index (χ2v) is 9.61. The maximum atomic E-state index is 12.9. The standard InChI is InChI=1S/C23H24N4O3S/c1-17-20-13-14-22(28)27(15-18-9-5-3-6-10-18)23(20)25-21(24-17)16-26(2)31(29,30)19-11-7-4-8-12-19/h3-12H,13-16H2,1-2H3. The lowest BCUT2D eigenvalue weighted by Crippen LogP contribution is -2.36. The van der Waals surface area contributed by atoms with Gasteiger partial charge in [-0.15, -0.1) is 0 Å². The number of carbonyl (C=O) groups is 1. The fourth-order valence-electron chi connectivity index (χ4n) is 3.69. The fourth-order valence-corrected chi connectivity index (χ4v) is 4.84. The molecule has 1 aliphatic heterocycles. The first kappa shape index (κ1) is 21.1. The summed E-state index contributed by atoms with van der Waals surface area (Å²) in [6, 6.07) is 18.0. The third kappa shape index (κ3) is 4.35. The Kier molecular flexibility index (Phi) is 5.84. The molecule has 7 nitrogen and oxygen atoms in total. The smallest absolute Gasteiger partial charge is 0.243 e. The van der Waals surface area contributed by atoms with Crippen LogP contribution in [0.2, 0.25) is 0 Å². The average molecular weight is 437 g/mol. The monoisotopic (exact) mass is 436 g/mol. The van der Waals surface area contributed by atoms with E-state index in [1.807, 2.05) is 37.3 Å². The van der Waals surface area contributed by atoms with E-state index in [2.05, 4.69) is 9.97 Å². The van der Waals surface area contributed by atoms with Crippen molar-refractivity contribution in [2.75, 3.05) is 11.9 Å². The molecule has 31 heavy (non-hydrogen) atoms. The molecule has 0 fully saturated rings. The molecule has 1 aromatic heterocycles. The first-order chi connectivity index (χ1) is 14.9. The van der Waals surface area contributed by atoms with Gasteiger partial charge in [-0.2, -0.15) is 4.31 Å². The Morgan fingerprint density at radius 2 is 1.61 bits per heavy atom. The van der Waals surface area contributed by atoms with Gasteiger partial charge in [0.25, 0.3) is 0 Å². The fraction of sp³-hybridized carbons (Fsp3) is 0.261. The second kappa shape index (κ2) is 8.56. The molecule has 0 saturated carbocycles. The molecule has 0 atom stereocenters. The number of sulfonamides is 1. The first-order valence-electron chi connectivity index (χ1n) is 10.1. The zero-order chi connectivity index (χ0) is 22.0. The molecule has 1 aliphatic rings. The minimum Gasteiger partial charge on any atom is -0.292 e. The molecule has 0 saturated heterocycles. The van der Waals surface area contributed by atoms with Crippen molar-refractivity contribution in [3.63, 3.8) is 0 Å². The van der Waals surface area contributed by atoms with Crippen molar-refractivity contribution in [1.82, 2.24) is 14.3 Å². The van der Waals surface area contributed by atoms with E-state index >= 15 is 0 Å². The highest BCUT2D eigenvalue weighted by atomic mass is 32.2. The first-order valence-corrected chi connectivity index (χ1v) is 11.5. The predicted octanol–water partition coefficient (Wildman–Crippen LogP) is 3.09. The maximum Gasteiger partial charge on any atom is 0.243 e. The molecular formula is C23H24N4O3S. The number of amides is 1. The third-order valence-electron chi connectivity index (χ3n) is 5.38. The van der Waals surface area contributed by atoms with Gasteiger partial charge in [-0.3, -0.25) is 9.69 Å². The number of aryl methyl sites for hydroxylation is 1. The minimum absolute atomic E-state index is 0.00525. The molecule has 0 unspecified atom stereocenters. The van der Waals surface area contributed by atoms with Gasteiger partial charge in [0.1, 0.15) is 11.6 Å². The van der Waals surface area contributed by atoms with Gasteiger partial charge in [0, 0.05) is 24.7 Å². The highest BCUT2D eigenvalue weighted by molar-refractivity contribution is 7.89. The Hall–Kier alpha value is -3.10. The van der Waals surface area contributed by atoms with Gasteiger partial charge in [0.2, 0.25) is 15.9 Å². The SMILES string of the molecule is Cc1nc(CN(C)S(=O)(=O)c2ccccc2)nc2c1CCC(=O)N2Cc1ccccc1. The van der Waals surface area contributed by atoms with Gasteiger partial charge in [-0.1, -0.05) is 48.5 Å². The van der Waals surface area contributed by atoms with Crippen molar-refractivity contribution in [2.24, 2.45) is 0 Å². The molecule has 2 aromatic carbocycles. The summed E-state index contributed by atoms with van der Waals surface area (Å²) >= 11 is 0. The molecule has 2 heterocycles. The summed E-state index contributed by atoms with van der Waals surface area (Å²) in [5.41, 5.74) is 2.72. The van der Waals surface area contributed by atoms with Crippen LogP contribution in [0.3, 0.4) is 0 Å². The minimum atomic E-state index is -3.67. The zero-order valence-corrected chi connectivity index (χ0v) is 18.3. The zero-order valence-electron chi connectivity index (χ0n) is 17.5. The average Bonchev–Trinajstić information content (AvgIpc) is 2.77. The van der Waals surface area contributed by atoms with E-state index in [0.717, 1.165) is 16.8 Å². The van der Waals surface area contributed by atoms with Crippen molar-refractivity contribution >= 4 is 21.7 Å². The molecular weight excluding hydrogens is 412 g/mol. The van der Waals surface area contributed by atoms with Gasteiger partial charge in [0.05, 0.1) is 18.0 Å². The number of anilines is 1. The van der Waals surface area contributed by atoms with Gasteiger partial charge >= 0.3 is 0 Å². The molecule has 0 N–H and O–H groups in total. The quantitative estimate of drug-likeness (QED) is 0.593. The van der Waals surface area contributed by atoms with Gasteiger partial charge in [-0.05, 0) is 31.0 Å². The Morgan fingerprint density at radius 3 is 2.29 bits per heavy atom. The molecule has 1 amide bonds. The van der Waals surface area contributed by atoms with Crippen molar-refractivity contribution in [2.45, 2.75) is 37.8 Å². The molecule has 3 aromatic rings. The summed E-state index contributed by atoms with van der Waals surface area (Å²) in [7, 11) is -2.16. The number of rotatable bonds is 6. The van der Waals surface area contributed by atoms with Crippen molar-refractivity contribution < 1.29 is 13.2 Å². The molecule has 0 aliphatic carbocycles. The van der Waals surface area contributed by atoms with Crippen LogP contribution < -0.4 is 4.90 Å². The number of carbonyl (C=O) groups excluding carboxylic acids is 1. The van der Waals surface area contributed by atoms with Crippen LogP contribution in [-0.4, -0.2) is 35.6 Å². The van der Waals surface area contributed by atoms with Gasteiger partial charge < -0.3 is 0 Å². The van der Waals surface area contributed by atoms with Crippen LogP contribution in [0.5, 0.6) is 0 Å². The molecule has 4 rings (SSSR count). The Morgan fingerprint density at radius 1 is 0.968 bits per heavy atom. The Balaban J connectivity index is 1.65. The summed E-state index contributed by atoms with van der Waals surface area (Å²) < 4.78 is 27.0. The van der Waals surface area contributed by atoms with Crippen molar-refractivity contribution in [3.05, 3.63) is 83.3 Å². The number of benzene rings is 2. The van der Waals surface area contributed by atoms with Gasteiger partial charge in [0.15, 0.2) is 0 Å². The van der Waals surface area contributed by atoms with E-state index in [9.17, 15) is 13.2 Å². The topological polar surface area (TPSA) is 83.5 Å². The largest absolute Gasteiger partial charge is 0.292 e. The molecule has 160 valence electrons. The lowest BCUT2D eigenvalue weighted by Gasteiger charge is -2.29. The number of nitrogens with zero attached hydrogens (tertiary/aromatic N) is 4. The van der Waals surface area contributed by atoms with E-state index in [-0.39, 0.29) is 17.3 Å². The Bertz CT molecular complexity index is 1200. The molecule has 8 heteroatoms. The summed E-state index contributed by atoms with van der Waals surface area (Å²) in [5, 5.41) is 0. The summed E-state index contributed by atoms with van der Waals surface area (Å²) in [6.07, 6.45) is 0.995. The van der Waals surface area contributed by atoms with Crippen molar-refractivity contribution in [1.29, 1.82) is 0 Å². The third-order valence-corrected chi connectivity index (χ3v) is 7.20. The van der Waals surface area contributed by atoms with E-state index in [4.69, 9.17) is 0 Å². The summed E-state index contributed by atoms with van der Waals surface area (Å²) in [4.78, 5) is 23.8. The normalized spacial score (nSPS) is 14.0. The van der Waals surface area contributed by atoms with E-state index in [0.29, 0.717) is 31.0 Å². The van der Waals surface area contributed by atoms with Crippen LogP contribution in [0.4, 0.5) is 5.82 Å². The lowest BCUT2D eigenvalue weighted by atomic mass is 10.0. The predicted molar refractivity (Wildman–Crippen MR) is 118 cm³/mol. The second-order valence-electron chi connectivity index (χ2n) is 7.57. The van der Waals surface area contributed by atoms with Crippen molar-refractivity contribution in [3.8, 4) is 0 Å². The van der Waals surface area contributed by atoms with E-state index in [1.54, 1.807) is 35.2 Å². The highest BCUT2D eigenvalue weighted by Gasteiger charge is 2.29. The van der Waals surface area contributed by atoms with Crippen LogP contribution in [0, 0.1) is 6.92 Å². The summed E-state index contributed by atoms with van der Waals surface area (Å²) in [5.74, 6) is 0.949. The van der Waals surface area contributed by atoms with Crippen LogP contribution in [0.1, 0.15) is 29.1 Å². The maximum absolute atomic E-state index is 12.9. The van der Waals surface area contributed by atoms with Crippen LogP contribution in [0.15, 0.2) is 65.6 Å². The number of aromatic nitrogens is 2. The van der Waals surface area contributed by atoms with Crippen LogP contribution in [-0.2, 0) is 34.3 Å². The van der Waals surface area contributed by atoms with Gasteiger partial charge in [-0.25, -0.2) is 18.4 Å². The Labute approximate surface area is 182 Å². The van der Waals surface area contributed by atoms with E-state index in [1.165, 1.54) is 11.4 Å². The molecule has 0 spiro atoms. The van der Waals surface area contributed by atoms with Crippen LogP contribution in [0.25, 0.3) is 0 Å². The van der Waals surface area contributed by atoms with E-state index < -0.39 is 10.0 Å². The van der Waals surface area contributed by atoms with Crippen LogP contribution >= 0.6 is 0 Å². The lowest BCUT2D eigenvalue weighted by molar-refractivity contribution is -0.119. The molecule has 0 bridgehead atoms. The number of hydrogen-bond acceptors (Lipinski definition) is 5. The number of hydrogen-bond donors (Lipinski definition) is 0. The highest BCUT2D eigenvalue weighted by Crippen LogP contribution is 2.29. The number of fused-ring (bicyclic) bond motifs is 1. The summed E-state index contributed by atoms with van der Waals surface area (Å²) in [6.45, 7) is 2.31.